The number of nitrogens with zero attached hydrogens (tertiary/aromatic N) is 1. The third-order valence-electron chi connectivity index (χ3n) is 4.87. The van der Waals surface area contributed by atoms with E-state index in [0.29, 0.717) is 17.5 Å². The highest BCUT2D eigenvalue weighted by Crippen LogP contribution is 2.29. The maximum atomic E-state index is 12.9. The third kappa shape index (κ3) is 3.41. The summed E-state index contributed by atoms with van der Waals surface area (Å²) in [6.45, 7) is 4.68. The fraction of sp³-hybridized carbons (Fsp3) is 0.579. The number of carbonyl (C=O) groups excluding carboxylic acids is 1. The predicted molar refractivity (Wildman–Crippen MR) is 100 cm³/mol. The molecule has 24 heavy (non-hydrogen) atoms. The van der Waals surface area contributed by atoms with Crippen LogP contribution >= 0.6 is 11.3 Å². The molecule has 0 radical (unpaired) electrons. The Kier molecular flexibility index (Phi) is 5.39. The molecule has 1 saturated carbocycles. The molecule has 1 amide bonds. The van der Waals surface area contributed by atoms with Gasteiger partial charge in [-0.25, -0.2) is 0 Å². The number of thiophene rings is 1. The minimum atomic E-state index is -0.0722. The van der Waals surface area contributed by atoms with Crippen molar-refractivity contribution < 1.29 is 4.79 Å². The molecule has 2 aromatic rings. The number of carbonyl (C=O) groups is 1. The Morgan fingerprint density at radius 1 is 1.29 bits per heavy atom. The second-order valence-electron chi connectivity index (χ2n) is 6.75. The Balaban J connectivity index is 1.95. The molecule has 0 aromatic carbocycles. The van der Waals surface area contributed by atoms with E-state index >= 15 is 0 Å². The summed E-state index contributed by atoms with van der Waals surface area (Å²) in [7, 11) is 0. The van der Waals surface area contributed by atoms with Crippen LogP contribution in [-0.2, 0) is 6.54 Å². The second kappa shape index (κ2) is 7.51. The van der Waals surface area contributed by atoms with Crippen molar-refractivity contribution in [2.45, 2.75) is 71.4 Å². The van der Waals surface area contributed by atoms with Gasteiger partial charge in [-0.3, -0.25) is 9.59 Å². The van der Waals surface area contributed by atoms with Crippen molar-refractivity contribution in [2.24, 2.45) is 0 Å². The SMILES string of the molecule is CCCn1ccc2sc(C)c(C(=O)NC3CCCCCC3)c2c1=O. The average Bonchev–Trinajstić information content (AvgIpc) is 2.71. The number of rotatable bonds is 4. The molecule has 2 aromatic heterocycles. The standard InChI is InChI=1S/C19H26N2O2S/c1-3-11-21-12-10-15-17(19(21)23)16(13(2)24-15)18(22)20-14-8-6-4-5-7-9-14/h10,12,14H,3-9,11H2,1-2H3,(H,20,22). The second-order valence-corrected chi connectivity index (χ2v) is 8.01. The smallest absolute Gasteiger partial charge is 0.260 e. The Morgan fingerprint density at radius 3 is 2.67 bits per heavy atom. The molecule has 3 rings (SSSR count). The zero-order chi connectivity index (χ0) is 17.1. The van der Waals surface area contributed by atoms with E-state index in [0.717, 1.165) is 28.8 Å². The summed E-state index contributed by atoms with van der Waals surface area (Å²) in [6, 6.07) is 2.21. The summed E-state index contributed by atoms with van der Waals surface area (Å²) in [6.07, 6.45) is 9.72. The van der Waals surface area contributed by atoms with Gasteiger partial charge in [-0.05, 0) is 32.3 Å². The van der Waals surface area contributed by atoms with Crippen LogP contribution in [0.25, 0.3) is 10.1 Å². The third-order valence-corrected chi connectivity index (χ3v) is 5.94. The first kappa shape index (κ1) is 17.2. The molecule has 0 bridgehead atoms. The minimum absolute atomic E-state index is 0.0373. The monoisotopic (exact) mass is 346 g/mol. The Morgan fingerprint density at radius 2 is 2.00 bits per heavy atom. The summed E-state index contributed by atoms with van der Waals surface area (Å²) < 4.78 is 2.63. The molecular formula is C19H26N2O2S. The lowest BCUT2D eigenvalue weighted by Gasteiger charge is -2.16. The van der Waals surface area contributed by atoms with Gasteiger partial charge in [0.15, 0.2) is 0 Å². The number of hydrogen-bond donors (Lipinski definition) is 1. The summed E-state index contributed by atoms with van der Waals surface area (Å²) >= 11 is 1.54. The van der Waals surface area contributed by atoms with Crippen molar-refractivity contribution in [3.05, 3.63) is 33.1 Å². The van der Waals surface area contributed by atoms with E-state index in [1.807, 2.05) is 19.2 Å². The summed E-state index contributed by atoms with van der Waals surface area (Å²) in [4.78, 5) is 26.6. The van der Waals surface area contributed by atoms with Gasteiger partial charge in [0.25, 0.3) is 11.5 Å². The van der Waals surface area contributed by atoms with Gasteiger partial charge in [0.05, 0.1) is 10.9 Å². The van der Waals surface area contributed by atoms with Crippen molar-refractivity contribution in [3.8, 4) is 0 Å². The molecule has 130 valence electrons. The van der Waals surface area contributed by atoms with Crippen LogP contribution in [-0.4, -0.2) is 16.5 Å². The van der Waals surface area contributed by atoms with Crippen LogP contribution in [0.15, 0.2) is 17.1 Å². The number of amides is 1. The highest BCUT2D eigenvalue weighted by molar-refractivity contribution is 7.19. The lowest BCUT2D eigenvalue weighted by Crippen LogP contribution is -2.35. The molecule has 1 aliphatic rings. The zero-order valence-electron chi connectivity index (χ0n) is 14.6. The van der Waals surface area contributed by atoms with E-state index in [-0.39, 0.29) is 17.5 Å². The Bertz CT molecular complexity index is 782. The van der Waals surface area contributed by atoms with E-state index in [9.17, 15) is 9.59 Å². The van der Waals surface area contributed by atoms with Crippen molar-refractivity contribution in [3.63, 3.8) is 0 Å². The topological polar surface area (TPSA) is 51.1 Å². The van der Waals surface area contributed by atoms with Gasteiger partial charge in [0, 0.05) is 28.4 Å². The molecule has 5 heteroatoms. The van der Waals surface area contributed by atoms with Crippen molar-refractivity contribution >= 4 is 27.3 Å². The molecule has 0 spiro atoms. The fourth-order valence-corrected chi connectivity index (χ4v) is 4.68. The first-order chi connectivity index (χ1) is 11.6. The molecule has 0 saturated heterocycles. The Hall–Kier alpha value is -1.62. The van der Waals surface area contributed by atoms with E-state index in [1.54, 1.807) is 15.9 Å². The van der Waals surface area contributed by atoms with Crippen LogP contribution < -0.4 is 10.9 Å². The van der Waals surface area contributed by atoms with E-state index in [2.05, 4.69) is 12.2 Å². The van der Waals surface area contributed by atoms with Gasteiger partial charge in [-0.2, -0.15) is 0 Å². The number of fused-ring (bicyclic) bond motifs is 1. The first-order valence-corrected chi connectivity index (χ1v) is 9.87. The van der Waals surface area contributed by atoms with Crippen LogP contribution in [0.3, 0.4) is 0 Å². The van der Waals surface area contributed by atoms with Crippen LogP contribution in [0.2, 0.25) is 0 Å². The Labute approximate surface area is 146 Å². The number of nitrogens with one attached hydrogen (secondary N) is 1. The van der Waals surface area contributed by atoms with Gasteiger partial charge in [0.1, 0.15) is 0 Å². The molecule has 1 aliphatic carbocycles. The molecule has 1 N–H and O–H groups in total. The maximum Gasteiger partial charge on any atom is 0.260 e. The van der Waals surface area contributed by atoms with Gasteiger partial charge in [-0.15, -0.1) is 11.3 Å². The van der Waals surface area contributed by atoms with Gasteiger partial charge < -0.3 is 9.88 Å². The molecule has 1 fully saturated rings. The normalized spacial score (nSPS) is 16.2. The van der Waals surface area contributed by atoms with Crippen molar-refractivity contribution in [1.29, 1.82) is 0 Å². The first-order valence-electron chi connectivity index (χ1n) is 9.05. The largest absolute Gasteiger partial charge is 0.349 e. The molecule has 2 heterocycles. The zero-order valence-corrected chi connectivity index (χ0v) is 15.4. The molecule has 4 nitrogen and oxygen atoms in total. The van der Waals surface area contributed by atoms with Crippen LogP contribution in [0.1, 0.15) is 67.1 Å². The fourth-order valence-electron chi connectivity index (χ4n) is 3.64. The minimum Gasteiger partial charge on any atom is -0.349 e. The lowest BCUT2D eigenvalue weighted by atomic mass is 10.1. The lowest BCUT2D eigenvalue weighted by molar-refractivity contribution is 0.0935. The molecule has 0 atom stereocenters. The quantitative estimate of drug-likeness (QED) is 0.842. The molecule has 0 aliphatic heterocycles. The van der Waals surface area contributed by atoms with Crippen molar-refractivity contribution in [2.75, 3.05) is 0 Å². The predicted octanol–water partition coefficient (Wildman–Crippen LogP) is 4.23. The number of aromatic nitrogens is 1. The van der Waals surface area contributed by atoms with E-state index in [4.69, 9.17) is 0 Å². The van der Waals surface area contributed by atoms with Gasteiger partial charge in [0.2, 0.25) is 0 Å². The van der Waals surface area contributed by atoms with Crippen LogP contribution in [0, 0.1) is 6.92 Å². The van der Waals surface area contributed by atoms with Gasteiger partial charge in [-0.1, -0.05) is 32.6 Å². The van der Waals surface area contributed by atoms with E-state index in [1.165, 1.54) is 25.7 Å². The number of pyridine rings is 1. The molecular weight excluding hydrogens is 320 g/mol. The summed E-state index contributed by atoms with van der Waals surface area (Å²) in [5, 5.41) is 3.79. The number of aryl methyl sites for hydroxylation is 2. The van der Waals surface area contributed by atoms with Crippen molar-refractivity contribution in [1.82, 2.24) is 9.88 Å². The van der Waals surface area contributed by atoms with E-state index < -0.39 is 0 Å². The van der Waals surface area contributed by atoms with Crippen LogP contribution in [0.5, 0.6) is 0 Å². The van der Waals surface area contributed by atoms with Crippen LogP contribution in [0.4, 0.5) is 0 Å². The average molecular weight is 346 g/mol. The highest BCUT2D eigenvalue weighted by atomic mass is 32.1. The maximum absolute atomic E-state index is 12.9. The molecule has 0 unspecified atom stereocenters. The highest BCUT2D eigenvalue weighted by Gasteiger charge is 2.22. The van der Waals surface area contributed by atoms with Gasteiger partial charge >= 0.3 is 0 Å². The summed E-state index contributed by atoms with van der Waals surface area (Å²) in [5.74, 6) is -0.0722. The summed E-state index contributed by atoms with van der Waals surface area (Å²) in [5.41, 5.74) is 0.555. The number of hydrogen-bond acceptors (Lipinski definition) is 3.